The number of carbonyl (C=O) groups excluding carboxylic acids is 2. The zero-order chi connectivity index (χ0) is 23.1. The van der Waals surface area contributed by atoms with Crippen LogP contribution >= 0.6 is 23.2 Å². The van der Waals surface area contributed by atoms with Gasteiger partial charge in [0.1, 0.15) is 5.54 Å². The number of alkyl halides is 2. The van der Waals surface area contributed by atoms with E-state index in [0.717, 1.165) is 11.0 Å². The molecule has 8 nitrogen and oxygen atoms in total. The van der Waals surface area contributed by atoms with Crippen LogP contribution in [0, 0.1) is 11.3 Å². The Kier molecular flexibility index (Phi) is 5.69. The molecule has 1 atom stereocenters. The monoisotopic (exact) mass is 482 g/mol. The van der Waals surface area contributed by atoms with Crippen molar-refractivity contribution >= 4 is 35.4 Å². The van der Waals surface area contributed by atoms with Gasteiger partial charge in [-0.15, -0.1) is 5.10 Å². The predicted octanol–water partition coefficient (Wildman–Crippen LogP) is 3.07. The van der Waals surface area contributed by atoms with Gasteiger partial charge >= 0.3 is 0 Å². The van der Waals surface area contributed by atoms with Gasteiger partial charge in [0, 0.05) is 19.3 Å². The highest BCUT2D eigenvalue weighted by Crippen LogP contribution is 2.44. The number of aromatic nitrogens is 3. The predicted molar refractivity (Wildman–Crippen MR) is 110 cm³/mol. The van der Waals surface area contributed by atoms with E-state index in [1.165, 1.54) is 0 Å². The van der Waals surface area contributed by atoms with Crippen LogP contribution in [-0.2, 0) is 11.2 Å². The van der Waals surface area contributed by atoms with Gasteiger partial charge in [0.05, 0.1) is 28.4 Å². The molecule has 0 radical (unpaired) electrons. The van der Waals surface area contributed by atoms with Crippen molar-refractivity contribution in [1.82, 2.24) is 25.6 Å². The normalized spacial score (nSPS) is 20.5. The van der Waals surface area contributed by atoms with Crippen LogP contribution in [0.1, 0.15) is 47.8 Å². The summed E-state index contributed by atoms with van der Waals surface area (Å²) in [5.74, 6) is -3.50. The second kappa shape index (κ2) is 8.06. The van der Waals surface area contributed by atoms with Crippen LogP contribution < -0.4 is 10.6 Å². The molecule has 168 valence electrons. The van der Waals surface area contributed by atoms with E-state index < -0.39 is 41.9 Å². The maximum absolute atomic E-state index is 13.1. The van der Waals surface area contributed by atoms with Crippen LogP contribution in [0.15, 0.2) is 24.4 Å². The first-order valence-electron chi connectivity index (χ1n) is 9.81. The molecule has 0 saturated heterocycles. The molecule has 1 heterocycles. The third kappa shape index (κ3) is 4.60. The summed E-state index contributed by atoms with van der Waals surface area (Å²) >= 11 is 12.0. The molecule has 1 aromatic carbocycles. The maximum Gasteiger partial charge on any atom is 0.275 e. The van der Waals surface area contributed by atoms with E-state index in [9.17, 15) is 23.6 Å². The van der Waals surface area contributed by atoms with Crippen molar-refractivity contribution in [1.29, 1.82) is 5.26 Å². The molecule has 0 bridgehead atoms. The highest BCUT2D eigenvalue weighted by Gasteiger charge is 2.50. The summed E-state index contributed by atoms with van der Waals surface area (Å²) in [7, 11) is 0. The van der Waals surface area contributed by atoms with Crippen molar-refractivity contribution in [3.8, 4) is 6.07 Å². The van der Waals surface area contributed by atoms with E-state index >= 15 is 0 Å². The minimum atomic E-state index is -2.76. The van der Waals surface area contributed by atoms with E-state index in [-0.39, 0.29) is 17.1 Å². The Morgan fingerprint density at radius 3 is 2.62 bits per heavy atom. The smallest absolute Gasteiger partial charge is 0.275 e. The highest BCUT2D eigenvalue weighted by atomic mass is 35.5. The summed E-state index contributed by atoms with van der Waals surface area (Å²) in [4.78, 5) is 26.2. The summed E-state index contributed by atoms with van der Waals surface area (Å²) in [5.41, 5.74) is -2.13. The van der Waals surface area contributed by atoms with Crippen molar-refractivity contribution in [3.63, 3.8) is 0 Å². The number of hydrogen-bond donors (Lipinski definition) is 2. The molecule has 2 aromatic rings. The first-order chi connectivity index (χ1) is 15.1. The van der Waals surface area contributed by atoms with Gasteiger partial charge < -0.3 is 5.32 Å². The number of hydrogen-bond acceptors (Lipinski definition) is 6. The number of nitriles is 1. The van der Waals surface area contributed by atoms with Gasteiger partial charge in [0.2, 0.25) is 0 Å². The van der Waals surface area contributed by atoms with E-state index in [4.69, 9.17) is 23.2 Å². The van der Waals surface area contributed by atoms with Gasteiger partial charge in [0.15, 0.2) is 17.6 Å². The summed E-state index contributed by atoms with van der Waals surface area (Å²) < 4.78 is 26.3. The second-order valence-electron chi connectivity index (χ2n) is 8.26. The van der Waals surface area contributed by atoms with Gasteiger partial charge in [-0.25, -0.2) is 8.78 Å². The fourth-order valence-electron chi connectivity index (χ4n) is 3.62. The molecule has 0 spiro atoms. The first kappa shape index (κ1) is 22.6. The Morgan fingerprint density at radius 2 is 2.06 bits per heavy atom. The molecule has 2 aliphatic rings. The average Bonchev–Trinajstić information content (AvgIpc) is 3.31. The number of rotatable bonds is 8. The molecule has 1 aromatic heterocycles. The lowest BCUT2D eigenvalue weighted by molar-refractivity contribution is -0.114. The van der Waals surface area contributed by atoms with Gasteiger partial charge in [-0.2, -0.15) is 15.2 Å². The van der Waals surface area contributed by atoms with Crippen molar-refractivity contribution in [2.24, 2.45) is 0 Å². The van der Waals surface area contributed by atoms with Crippen molar-refractivity contribution in [2.45, 2.75) is 55.3 Å². The third-order valence-electron chi connectivity index (χ3n) is 5.57. The van der Waals surface area contributed by atoms with Crippen LogP contribution in [0.3, 0.4) is 0 Å². The lowest BCUT2D eigenvalue weighted by Crippen LogP contribution is -2.65. The molecular formula is C20H18Cl2F2N6O2. The maximum atomic E-state index is 13.1. The van der Waals surface area contributed by atoms with Gasteiger partial charge in [-0.1, -0.05) is 29.3 Å². The highest BCUT2D eigenvalue weighted by molar-refractivity contribution is 6.42. The largest absolute Gasteiger partial charge is 0.326 e. The van der Waals surface area contributed by atoms with Gasteiger partial charge in [-0.3, -0.25) is 14.9 Å². The third-order valence-corrected chi connectivity index (χ3v) is 6.31. The molecule has 1 amide bonds. The number of carbonyl (C=O) groups is 2. The Hall–Kier alpha value is -2.61. The number of aldehydes is 1. The molecule has 2 aliphatic carbocycles. The van der Waals surface area contributed by atoms with Crippen molar-refractivity contribution in [3.05, 3.63) is 45.7 Å². The van der Waals surface area contributed by atoms with Gasteiger partial charge in [-0.05, 0) is 30.5 Å². The fourth-order valence-corrected chi connectivity index (χ4v) is 3.94. The molecule has 0 unspecified atom stereocenters. The van der Waals surface area contributed by atoms with E-state index in [0.29, 0.717) is 29.7 Å². The van der Waals surface area contributed by atoms with Crippen molar-refractivity contribution < 1.29 is 18.4 Å². The second-order valence-corrected chi connectivity index (χ2v) is 9.07. The Bertz CT molecular complexity index is 1110. The molecule has 2 N–H and O–H groups in total. The SMILES string of the molecule is N#CC1(N[C@@](C=O)(Cc2ccc(Cl)c(Cl)c2)NC(=O)c2cnn(C3CC(F)(F)C3)n2)CC1. The van der Waals surface area contributed by atoms with Crippen molar-refractivity contribution in [2.75, 3.05) is 0 Å². The zero-order valence-corrected chi connectivity index (χ0v) is 18.1. The van der Waals surface area contributed by atoms with Gasteiger partial charge in [0.25, 0.3) is 11.8 Å². The van der Waals surface area contributed by atoms with E-state index in [1.54, 1.807) is 18.2 Å². The number of benzene rings is 1. The Labute approximate surface area is 191 Å². The molecule has 32 heavy (non-hydrogen) atoms. The number of halogens is 4. The molecule has 2 fully saturated rings. The Morgan fingerprint density at radius 1 is 1.34 bits per heavy atom. The number of nitrogens with zero attached hydrogens (tertiary/aromatic N) is 4. The minimum Gasteiger partial charge on any atom is -0.326 e. The number of nitrogens with one attached hydrogen (secondary N) is 2. The summed E-state index contributed by atoms with van der Waals surface area (Å²) in [6.07, 6.45) is 1.88. The van der Waals surface area contributed by atoms with Crippen LogP contribution in [0.4, 0.5) is 8.78 Å². The topological polar surface area (TPSA) is 113 Å². The lowest BCUT2D eigenvalue weighted by atomic mass is 9.89. The molecule has 12 heteroatoms. The van der Waals surface area contributed by atoms with Crippen LogP contribution in [0.25, 0.3) is 0 Å². The average molecular weight is 483 g/mol. The lowest BCUT2D eigenvalue weighted by Gasteiger charge is -2.33. The summed E-state index contributed by atoms with van der Waals surface area (Å²) in [6.45, 7) is 0. The molecule has 4 rings (SSSR count). The fraction of sp³-hybridized carbons (Fsp3) is 0.450. The molecule has 0 aliphatic heterocycles. The Balaban J connectivity index is 1.56. The van der Waals surface area contributed by atoms with E-state index in [1.807, 2.05) is 0 Å². The number of amides is 1. The van der Waals surface area contributed by atoms with E-state index in [2.05, 4.69) is 26.9 Å². The first-order valence-corrected chi connectivity index (χ1v) is 10.6. The van der Waals surface area contributed by atoms with Crippen LogP contribution in [0.2, 0.25) is 10.0 Å². The minimum absolute atomic E-state index is 0.0223. The van der Waals surface area contributed by atoms with Crippen LogP contribution in [0.5, 0.6) is 0 Å². The zero-order valence-electron chi connectivity index (χ0n) is 16.6. The van der Waals surface area contributed by atoms with Crippen LogP contribution in [-0.4, -0.2) is 44.3 Å². The molecule has 2 saturated carbocycles. The molecular weight excluding hydrogens is 465 g/mol. The standard InChI is InChI=1S/C20H18Cl2F2N6O2/c21-14-2-1-12(5-15(14)22)6-20(11-31,29-18(10-25)3-4-18)27-17(32)16-9-26-30(28-16)13-7-19(23,24)8-13/h1-2,5,9,11,13,29H,3-4,6-8H2,(H,27,32)/t20-/m1/s1. The summed E-state index contributed by atoms with van der Waals surface area (Å²) in [6, 6.07) is 6.32. The quantitative estimate of drug-likeness (QED) is 0.441. The summed E-state index contributed by atoms with van der Waals surface area (Å²) in [5, 5.41) is 23.6.